The molecule has 8 nitrogen and oxygen atoms in total. The maximum atomic E-state index is 12.3. The van der Waals surface area contributed by atoms with E-state index in [4.69, 9.17) is 9.47 Å². The largest absolute Gasteiger partial charge is 0.497 e. The van der Waals surface area contributed by atoms with E-state index >= 15 is 0 Å². The molecule has 0 saturated carbocycles. The van der Waals surface area contributed by atoms with Gasteiger partial charge in [0.05, 0.1) is 19.0 Å². The number of hydrogen-bond acceptors (Lipinski definition) is 5. The smallest absolute Gasteiger partial charge is 0.321 e. The zero-order valence-electron chi connectivity index (χ0n) is 15.3. The third-order valence-electron chi connectivity index (χ3n) is 4.13. The van der Waals surface area contributed by atoms with Crippen LogP contribution in [0.2, 0.25) is 0 Å². The fourth-order valence-corrected chi connectivity index (χ4v) is 2.85. The zero-order chi connectivity index (χ0) is 19.2. The Morgan fingerprint density at radius 3 is 2.74 bits per heavy atom. The zero-order valence-corrected chi connectivity index (χ0v) is 15.3. The number of likely N-dealkylation sites (tertiary alicyclic amines) is 1. The predicted octanol–water partition coefficient (Wildman–Crippen LogP) is 2.62. The van der Waals surface area contributed by atoms with Crippen LogP contribution in [0.15, 0.2) is 42.6 Å². The van der Waals surface area contributed by atoms with Crippen LogP contribution in [-0.4, -0.2) is 48.1 Å². The Morgan fingerprint density at radius 1 is 1.22 bits per heavy atom. The molecule has 1 atom stereocenters. The van der Waals surface area contributed by atoms with Crippen molar-refractivity contribution in [3.8, 4) is 17.4 Å². The van der Waals surface area contributed by atoms with Gasteiger partial charge in [0.15, 0.2) is 0 Å². The summed E-state index contributed by atoms with van der Waals surface area (Å²) in [4.78, 5) is 29.3. The van der Waals surface area contributed by atoms with E-state index in [2.05, 4.69) is 15.6 Å². The van der Waals surface area contributed by atoms with Crippen molar-refractivity contribution in [3.63, 3.8) is 0 Å². The van der Waals surface area contributed by atoms with Crippen molar-refractivity contribution in [1.29, 1.82) is 0 Å². The number of hydrogen-bond donors (Lipinski definition) is 2. The first-order valence-corrected chi connectivity index (χ1v) is 8.64. The monoisotopic (exact) mass is 370 g/mol. The summed E-state index contributed by atoms with van der Waals surface area (Å²) in [6, 6.07) is 10.4. The second-order valence-corrected chi connectivity index (χ2v) is 6.23. The molecule has 8 heteroatoms. The normalized spacial score (nSPS) is 15.9. The Hall–Kier alpha value is -3.29. The van der Waals surface area contributed by atoms with Gasteiger partial charge in [0.2, 0.25) is 11.8 Å². The van der Waals surface area contributed by atoms with Gasteiger partial charge < -0.3 is 25.0 Å². The van der Waals surface area contributed by atoms with Crippen molar-refractivity contribution in [2.24, 2.45) is 0 Å². The highest BCUT2D eigenvalue weighted by Gasteiger charge is 2.26. The molecule has 1 fully saturated rings. The molecule has 0 spiro atoms. The van der Waals surface area contributed by atoms with Crippen LogP contribution in [0.5, 0.6) is 17.4 Å². The standard InChI is InChI=1S/C19H22N4O4/c1-13(24)21-15-8-9-23(12-15)19(25)22-14-6-7-18(20-11-14)27-17-5-3-4-16(10-17)26-2/h3-7,10-11,15H,8-9,12H2,1-2H3,(H,21,24)(H,22,25)/t15-/m0/s1. The molecular weight excluding hydrogens is 348 g/mol. The van der Waals surface area contributed by atoms with Crippen LogP contribution >= 0.6 is 0 Å². The lowest BCUT2D eigenvalue weighted by Gasteiger charge is -2.17. The number of rotatable bonds is 5. The number of nitrogens with zero attached hydrogens (tertiary/aromatic N) is 2. The summed E-state index contributed by atoms with van der Waals surface area (Å²) in [6.07, 6.45) is 2.29. The van der Waals surface area contributed by atoms with E-state index in [9.17, 15) is 9.59 Å². The van der Waals surface area contributed by atoms with Crippen molar-refractivity contribution in [2.75, 3.05) is 25.5 Å². The minimum absolute atomic E-state index is 0.00464. The molecule has 3 amide bonds. The summed E-state index contributed by atoms with van der Waals surface area (Å²) in [5.41, 5.74) is 0.570. The van der Waals surface area contributed by atoms with Crippen molar-refractivity contribution < 1.29 is 19.1 Å². The van der Waals surface area contributed by atoms with E-state index in [1.54, 1.807) is 36.3 Å². The maximum Gasteiger partial charge on any atom is 0.321 e. The summed E-state index contributed by atoms with van der Waals surface area (Å²) in [5, 5.41) is 5.63. The predicted molar refractivity (Wildman–Crippen MR) is 100 cm³/mol. The van der Waals surface area contributed by atoms with Gasteiger partial charge in [-0.3, -0.25) is 4.79 Å². The maximum absolute atomic E-state index is 12.3. The molecule has 142 valence electrons. The van der Waals surface area contributed by atoms with Crippen molar-refractivity contribution in [2.45, 2.75) is 19.4 Å². The van der Waals surface area contributed by atoms with E-state index in [1.807, 2.05) is 12.1 Å². The Balaban J connectivity index is 1.54. The summed E-state index contributed by atoms with van der Waals surface area (Å²) < 4.78 is 10.8. The lowest BCUT2D eigenvalue weighted by molar-refractivity contribution is -0.119. The number of methoxy groups -OCH3 is 1. The topological polar surface area (TPSA) is 92.8 Å². The Morgan fingerprint density at radius 2 is 2.04 bits per heavy atom. The molecule has 0 bridgehead atoms. The minimum atomic E-state index is -0.217. The summed E-state index contributed by atoms with van der Waals surface area (Å²) in [7, 11) is 1.59. The number of urea groups is 1. The molecule has 2 N–H and O–H groups in total. The highest BCUT2D eigenvalue weighted by Crippen LogP contribution is 2.24. The fraction of sp³-hybridized carbons (Fsp3) is 0.316. The number of carbonyl (C=O) groups is 2. The second-order valence-electron chi connectivity index (χ2n) is 6.23. The summed E-state index contributed by atoms with van der Waals surface area (Å²) in [6.45, 7) is 2.57. The first kappa shape index (κ1) is 18.5. The molecule has 2 aromatic rings. The number of pyridine rings is 1. The lowest BCUT2D eigenvalue weighted by atomic mass is 10.3. The molecule has 2 heterocycles. The number of amides is 3. The number of carbonyl (C=O) groups excluding carboxylic acids is 2. The van der Waals surface area contributed by atoms with Gasteiger partial charge in [-0.15, -0.1) is 0 Å². The van der Waals surface area contributed by atoms with Crippen LogP contribution in [0.1, 0.15) is 13.3 Å². The molecular formula is C19H22N4O4. The highest BCUT2D eigenvalue weighted by atomic mass is 16.5. The third kappa shape index (κ3) is 5.10. The summed E-state index contributed by atoms with van der Waals surface area (Å²) >= 11 is 0. The molecule has 27 heavy (non-hydrogen) atoms. The van der Waals surface area contributed by atoms with Crippen molar-refractivity contribution in [3.05, 3.63) is 42.6 Å². The molecule has 1 saturated heterocycles. The quantitative estimate of drug-likeness (QED) is 0.844. The second kappa shape index (κ2) is 8.39. The average Bonchev–Trinajstić information content (AvgIpc) is 3.11. The van der Waals surface area contributed by atoms with Crippen LogP contribution < -0.4 is 20.1 Å². The van der Waals surface area contributed by atoms with Gasteiger partial charge in [-0.25, -0.2) is 9.78 Å². The summed E-state index contributed by atoms with van der Waals surface area (Å²) in [5.74, 6) is 1.63. The molecule has 1 aliphatic heterocycles. The number of benzene rings is 1. The molecule has 3 rings (SSSR count). The molecule has 1 aromatic heterocycles. The fourth-order valence-electron chi connectivity index (χ4n) is 2.85. The average molecular weight is 370 g/mol. The van der Waals surface area contributed by atoms with E-state index in [-0.39, 0.29) is 18.0 Å². The van der Waals surface area contributed by atoms with Gasteiger partial charge in [-0.05, 0) is 24.6 Å². The van der Waals surface area contributed by atoms with Crippen molar-refractivity contribution >= 4 is 17.6 Å². The molecule has 0 unspecified atom stereocenters. The van der Waals surface area contributed by atoms with Gasteiger partial charge in [-0.2, -0.15) is 0 Å². The first-order chi connectivity index (χ1) is 13.0. The van der Waals surface area contributed by atoms with E-state index in [0.717, 1.165) is 6.42 Å². The molecule has 0 aliphatic carbocycles. The van der Waals surface area contributed by atoms with Gasteiger partial charge >= 0.3 is 6.03 Å². The Labute approximate surface area is 157 Å². The molecule has 1 aliphatic rings. The van der Waals surface area contributed by atoms with Crippen LogP contribution in [0.25, 0.3) is 0 Å². The number of anilines is 1. The first-order valence-electron chi connectivity index (χ1n) is 8.64. The van der Waals surface area contributed by atoms with Gasteiger partial charge in [0, 0.05) is 38.2 Å². The van der Waals surface area contributed by atoms with E-state index in [1.165, 1.54) is 13.1 Å². The highest BCUT2D eigenvalue weighted by molar-refractivity contribution is 5.89. The minimum Gasteiger partial charge on any atom is -0.497 e. The van der Waals surface area contributed by atoms with Crippen LogP contribution in [-0.2, 0) is 4.79 Å². The van der Waals surface area contributed by atoms with Crippen LogP contribution in [0.4, 0.5) is 10.5 Å². The number of aromatic nitrogens is 1. The SMILES string of the molecule is COc1cccc(Oc2ccc(NC(=O)N3CC[C@H](NC(C)=O)C3)cn2)c1. The lowest BCUT2D eigenvalue weighted by Crippen LogP contribution is -2.38. The number of nitrogens with one attached hydrogen (secondary N) is 2. The third-order valence-corrected chi connectivity index (χ3v) is 4.13. The van der Waals surface area contributed by atoms with Gasteiger partial charge in [0.25, 0.3) is 0 Å². The van der Waals surface area contributed by atoms with Crippen LogP contribution in [0.3, 0.4) is 0 Å². The Kier molecular flexibility index (Phi) is 5.75. The molecule has 1 aromatic carbocycles. The Bertz CT molecular complexity index is 810. The van der Waals surface area contributed by atoms with E-state index in [0.29, 0.717) is 36.2 Å². The van der Waals surface area contributed by atoms with E-state index < -0.39 is 0 Å². The van der Waals surface area contributed by atoms with Gasteiger partial charge in [0.1, 0.15) is 11.5 Å². The number of ether oxygens (including phenoxy) is 2. The van der Waals surface area contributed by atoms with Crippen molar-refractivity contribution in [1.82, 2.24) is 15.2 Å². The van der Waals surface area contributed by atoms with Gasteiger partial charge in [-0.1, -0.05) is 6.07 Å². The van der Waals surface area contributed by atoms with Crippen LogP contribution in [0, 0.1) is 0 Å². The molecule has 0 radical (unpaired) electrons.